The second-order valence-corrected chi connectivity index (χ2v) is 4.53. The van der Waals surface area contributed by atoms with Gasteiger partial charge >= 0.3 is 0 Å². The van der Waals surface area contributed by atoms with Gasteiger partial charge in [-0.1, -0.05) is 6.07 Å². The molecule has 1 saturated heterocycles. The maximum absolute atomic E-state index is 11.1. The lowest BCUT2D eigenvalue weighted by molar-refractivity contribution is -0.109. The van der Waals surface area contributed by atoms with Gasteiger partial charge in [-0.05, 0) is 43.9 Å². The molecule has 1 heterocycles. The van der Waals surface area contributed by atoms with Crippen LogP contribution in [0.5, 0.6) is 0 Å². The molecule has 1 unspecified atom stereocenters. The molecule has 1 fully saturated rings. The standard InChI is InChI=1S/C14H16N2O/c1-11-5-6-14(12(8-11)9-15)16-7-3-2-4-13(16)10-17/h5-6,8,10,13H,2-4,7H2,1H3. The summed E-state index contributed by atoms with van der Waals surface area (Å²) in [5, 5.41) is 9.17. The number of hydrogen-bond donors (Lipinski definition) is 0. The van der Waals surface area contributed by atoms with Gasteiger partial charge in [0.25, 0.3) is 0 Å². The molecule has 1 aliphatic rings. The number of nitrogens with zero attached hydrogens (tertiary/aromatic N) is 2. The Morgan fingerprint density at radius 1 is 1.47 bits per heavy atom. The molecule has 1 aliphatic heterocycles. The molecule has 1 aromatic rings. The van der Waals surface area contributed by atoms with Crippen LogP contribution in [-0.4, -0.2) is 18.9 Å². The normalized spacial score (nSPS) is 19.8. The SMILES string of the molecule is Cc1ccc(N2CCCCC2C=O)c(C#N)c1. The highest BCUT2D eigenvalue weighted by Crippen LogP contribution is 2.27. The van der Waals surface area contributed by atoms with E-state index in [1.807, 2.05) is 25.1 Å². The average Bonchev–Trinajstić information content (AvgIpc) is 2.38. The molecule has 3 nitrogen and oxygen atoms in total. The van der Waals surface area contributed by atoms with Crippen LogP contribution in [0.1, 0.15) is 30.4 Å². The number of nitriles is 1. The summed E-state index contributed by atoms with van der Waals surface area (Å²) in [5.74, 6) is 0. The van der Waals surface area contributed by atoms with E-state index < -0.39 is 0 Å². The molecule has 0 saturated carbocycles. The van der Waals surface area contributed by atoms with Crippen LogP contribution in [0.15, 0.2) is 18.2 Å². The van der Waals surface area contributed by atoms with Crippen molar-refractivity contribution in [2.45, 2.75) is 32.2 Å². The van der Waals surface area contributed by atoms with Crippen molar-refractivity contribution < 1.29 is 4.79 Å². The third kappa shape index (κ3) is 2.31. The highest BCUT2D eigenvalue weighted by molar-refractivity contribution is 5.70. The smallest absolute Gasteiger partial charge is 0.142 e. The molecule has 0 aliphatic carbocycles. The Kier molecular flexibility index (Phi) is 3.43. The summed E-state index contributed by atoms with van der Waals surface area (Å²) < 4.78 is 0. The Morgan fingerprint density at radius 3 is 3.00 bits per heavy atom. The average molecular weight is 228 g/mol. The van der Waals surface area contributed by atoms with Crippen molar-refractivity contribution in [1.29, 1.82) is 5.26 Å². The summed E-state index contributed by atoms with van der Waals surface area (Å²) in [6.45, 7) is 2.83. The van der Waals surface area contributed by atoms with Gasteiger partial charge in [-0.2, -0.15) is 5.26 Å². The maximum Gasteiger partial charge on any atom is 0.142 e. The molecule has 1 aromatic carbocycles. The van der Waals surface area contributed by atoms with Gasteiger partial charge in [-0.15, -0.1) is 0 Å². The maximum atomic E-state index is 11.1. The van der Waals surface area contributed by atoms with Crippen molar-refractivity contribution in [3.05, 3.63) is 29.3 Å². The predicted octanol–water partition coefficient (Wildman–Crippen LogP) is 2.42. The predicted molar refractivity (Wildman–Crippen MR) is 66.9 cm³/mol. The third-order valence-electron chi connectivity index (χ3n) is 3.29. The Morgan fingerprint density at radius 2 is 2.29 bits per heavy atom. The minimum Gasteiger partial charge on any atom is -0.361 e. The van der Waals surface area contributed by atoms with Crippen LogP contribution in [0.25, 0.3) is 0 Å². The number of piperidine rings is 1. The molecule has 0 aromatic heterocycles. The largest absolute Gasteiger partial charge is 0.361 e. The molecule has 3 heteroatoms. The summed E-state index contributed by atoms with van der Waals surface area (Å²) in [5.41, 5.74) is 2.64. The zero-order valence-corrected chi connectivity index (χ0v) is 10.0. The van der Waals surface area contributed by atoms with Crippen molar-refractivity contribution in [2.24, 2.45) is 0 Å². The van der Waals surface area contributed by atoms with Crippen molar-refractivity contribution >= 4 is 12.0 Å². The first-order valence-electron chi connectivity index (χ1n) is 5.99. The van der Waals surface area contributed by atoms with E-state index in [9.17, 15) is 4.79 Å². The summed E-state index contributed by atoms with van der Waals surface area (Å²) in [6.07, 6.45) is 4.07. The molecule has 0 N–H and O–H groups in total. The molecular weight excluding hydrogens is 212 g/mol. The number of rotatable bonds is 2. The molecule has 0 bridgehead atoms. The Hall–Kier alpha value is -1.82. The Labute approximate surface area is 102 Å². The van der Waals surface area contributed by atoms with Crippen LogP contribution < -0.4 is 4.90 Å². The van der Waals surface area contributed by atoms with Crippen LogP contribution in [-0.2, 0) is 4.79 Å². The first-order valence-corrected chi connectivity index (χ1v) is 5.99. The minimum atomic E-state index is -0.0708. The molecule has 1 atom stereocenters. The monoisotopic (exact) mass is 228 g/mol. The molecule has 2 rings (SSSR count). The number of anilines is 1. The van der Waals surface area contributed by atoms with Crippen LogP contribution in [0, 0.1) is 18.3 Å². The van der Waals surface area contributed by atoms with Gasteiger partial charge < -0.3 is 9.69 Å². The van der Waals surface area contributed by atoms with E-state index in [1.165, 1.54) is 0 Å². The van der Waals surface area contributed by atoms with Crippen LogP contribution in [0.3, 0.4) is 0 Å². The quantitative estimate of drug-likeness (QED) is 0.730. The van der Waals surface area contributed by atoms with Crippen molar-refractivity contribution in [2.75, 3.05) is 11.4 Å². The van der Waals surface area contributed by atoms with E-state index in [1.54, 1.807) is 0 Å². The molecule has 0 radical (unpaired) electrons. The number of benzene rings is 1. The molecule has 88 valence electrons. The van der Waals surface area contributed by atoms with E-state index in [0.717, 1.165) is 43.3 Å². The lowest BCUT2D eigenvalue weighted by Crippen LogP contribution is -2.41. The number of carbonyl (C=O) groups excluding carboxylic acids is 1. The van der Waals surface area contributed by atoms with Gasteiger partial charge in [0.2, 0.25) is 0 Å². The minimum absolute atomic E-state index is 0.0708. The van der Waals surface area contributed by atoms with Gasteiger partial charge in [-0.3, -0.25) is 0 Å². The topological polar surface area (TPSA) is 44.1 Å². The summed E-state index contributed by atoms with van der Waals surface area (Å²) in [6, 6.07) is 7.98. The second-order valence-electron chi connectivity index (χ2n) is 4.53. The molecule has 0 spiro atoms. The fraction of sp³-hybridized carbons (Fsp3) is 0.429. The van der Waals surface area contributed by atoms with Crippen LogP contribution in [0.2, 0.25) is 0 Å². The molecular formula is C14H16N2O. The first kappa shape index (κ1) is 11.7. The first-order chi connectivity index (χ1) is 8.26. The molecule has 0 amide bonds. The van der Waals surface area contributed by atoms with E-state index in [2.05, 4.69) is 11.0 Å². The summed E-state index contributed by atoms with van der Waals surface area (Å²) in [4.78, 5) is 13.1. The number of aldehydes is 1. The number of hydrogen-bond acceptors (Lipinski definition) is 3. The van der Waals surface area contributed by atoms with E-state index >= 15 is 0 Å². The molecule has 17 heavy (non-hydrogen) atoms. The summed E-state index contributed by atoms with van der Waals surface area (Å²) >= 11 is 0. The Balaban J connectivity index is 2.38. The highest BCUT2D eigenvalue weighted by atomic mass is 16.1. The van der Waals surface area contributed by atoms with E-state index in [0.29, 0.717) is 5.56 Å². The van der Waals surface area contributed by atoms with Gasteiger partial charge in [0.1, 0.15) is 12.4 Å². The second kappa shape index (κ2) is 5.01. The van der Waals surface area contributed by atoms with Crippen molar-refractivity contribution in [3.8, 4) is 6.07 Å². The Bertz CT molecular complexity index is 462. The third-order valence-corrected chi connectivity index (χ3v) is 3.29. The number of carbonyl (C=O) groups is 1. The van der Waals surface area contributed by atoms with Crippen LogP contribution >= 0.6 is 0 Å². The number of aryl methyl sites for hydroxylation is 1. The fourth-order valence-electron chi connectivity index (χ4n) is 2.39. The van der Waals surface area contributed by atoms with Gasteiger partial charge in [-0.25, -0.2) is 0 Å². The van der Waals surface area contributed by atoms with E-state index in [-0.39, 0.29) is 6.04 Å². The van der Waals surface area contributed by atoms with Gasteiger partial charge in [0.15, 0.2) is 0 Å². The lowest BCUT2D eigenvalue weighted by Gasteiger charge is -2.34. The lowest BCUT2D eigenvalue weighted by atomic mass is 10.00. The van der Waals surface area contributed by atoms with Crippen molar-refractivity contribution in [3.63, 3.8) is 0 Å². The van der Waals surface area contributed by atoms with Gasteiger partial charge in [0.05, 0.1) is 17.3 Å². The van der Waals surface area contributed by atoms with Crippen LogP contribution in [0.4, 0.5) is 5.69 Å². The zero-order chi connectivity index (χ0) is 12.3. The van der Waals surface area contributed by atoms with Crippen molar-refractivity contribution in [1.82, 2.24) is 0 Å². The fourth-order valence-corrected chi connectivity index (χ4v) is 2.39. The summed E-state index contributed by atoms with van der Waals surface area (Å²) in [7, 11) is 0. The van der Waals surface area contributed by atoms with E-state index in [4.69, 9.17) is 5.26 Å². The zero-order valence-electron chi connectivity index (χ0n) is 10.0. The highest BCUT2D eigenvalue weighted by Gasteiger charge is 2.23. The van der Waals surface area contributed by atoms with Gasteiger partial charge in [0, 0.05) is 6.54 Å².